The molecule has 0 bridgehead atoms. The van der Waals surface area contributed by atoms with Crippen LogP contribution in [0, 0.1) is 5.92 Å². The van der Waals surface area contributed by atoms with E-state index in [9.17, 15) is 4.79 Å². The van der Waals surface area contributed by atoms with Crippen molar-refractivity contribution in [2.45, 2.75) is 13.3 Å². The summed E-state index contributed by atoms with van der Waals surface area (Å²) in [6.45, 7) is 2.49. The van der Waals surface area contributed by atoms with Gasteiger partial charge >= 0.3 is 0 Å². The Morgan fingerprint density at radius 2 is 1.95 bits per heavy atom. The van der Waals surface area contributed by atoms with Crippen LogP contribution in [-0.4, -0.2) is 12.5 Å². The van der Waals surface area contributed by atoms with Crippen LogP contribution in [0.15, 0.2) is 40.9 Å². The van der Waals surface area contributed by atoms with Crippen molar-refractivity contribution in [2.75, 3.05) is 11.9 Å². The topological polar surface area (TPSA) is 55.1 Å². The number of hydrogen-bond acceptors (Lipinski definition) is 2. The van der Waals surface area contributed by atoms with E-state index in [-0.39, 0.29) is 11.8 Å². The summed E-state index contributed by atoms with van der Waals surface area (Å²) in [5.74, 6) is 0.201. The molecule has 3 nitrogen and oxygen atoms in total. The molecule has 0 radical (unpaired) electrons. The standard InChI is InChI=1S/C15H17BrN2O/c1-10(9-17)8-15(19)18-14-7-6-13(16)11-4-2-3-5-12(11)14/h2-7,10H,8-9,17H2,1H3,(H,18,19). The molecule has 2 aromatic carbocycles. The highest BCUT2D eigenvalue weighted by molar-refractivity contribution is 9.10. The van der Waals surface area contributed by atoms with Crippen molar-refractivity contribution >= 4 is 38.3 Å². The molecule has 1 atom stereocenters. The lowest BCUT2D eigenvalue weighted by Crippen LogP contribution is -2.20. The second-order valence-electron chi connectivity index (χ2n) is 4.73. The average molecular weight is 321 g/mol. The minimum atomic E-state index is 0.00502. The molecule has 19 heavy (non-hydrogen) atoms. The Morgan fingerprint density at radius 1 is 1.26 bits per heavy atom. The predicted octanol–water partition coefficient (Wildman–Crippen LogP) is 3.53. The fraction of sp³-hybridized carbons (Fsp3) is 0.267. The van der Waals surface area contributed by atoms with Crippen LogP contribution in [0.2, 0.25) is 0 Å². The Kier molecular flexibility index (Phi) is 4.56. The summed E-state index contributed by atoms with van der Waals surface area (Å²) in [7, 11) is 0. The molecule has 0 spiro atoms. The predicted molar refractivity (Wildman–Crippen MR) is 83.1 cm³/mol. The number of carbonyl (C=O) groups is 1. The van der Waals surface area contributed by atoms with Crippen LogP contribution < -0.4 is 11.1 Å². The molecule has 1 unspecified atom stereocenters. The second-order valence-corrected chi connectivity index (χ2v) is 5.59. The number of benzene rings is 2. The zero-order valence-electron chi connectivity index (χ0n) is 10.8. The fourth-order valence-corrected chi connectivity index (χ4v) is 2.45. The Bertz CT molecular complexity index is 598. The van der Waals surface area contributed by atoms with E-state index in [2.05, 4.69) is 21.2 Å². The van der Waals surface area contributed by atoms with Gasteiger partial charge in [0.25, 0.3) is 0 Å². The summed E-state index contributed by atoms with van der Waals surface area (Å²) in [6.07, 6.45) is 0.445. The van der Waals surface area contributed by atoms with Crippen LogP contribution in [0.3, 0.4) is 0 Å². The van der Waals surface area contributed by atoms with Gasteiger partial charge in [0.1, 0.15) is 0 Å². The minimum Gasteiger partial charge on any atom is -0.330 e. The third-order valence-corrected chi connectivity index (χ3v) is 3.77. The summed E-state index contributed by atoms with van der Waals surface area (Å²) in [4.78, 5) is 11.9. The van der Waals surface area contributed by atoms with E-state index < -0.39 is 0 Å². The van der Waals surface area contributed by atoms with Gasteiger partial charge in [-0.25, -0.2) is 0 Å². The SMILES string of the molecule is CC(CN)CC(=O)Nc1ccc(Br)c2ccccc12. The highest BCUT2D eigenvalue weighted by atomic mass is 79.9. The van der Waals surface area contributed by atoms with Gasteiger partial charge in [-0.2, -0.15) is 0 Å². The third-order valence-electron chi connectivity index (χ3n) is 3.08. The Morgan fingerprint density at radius 3 is 2.63 bits per heavy atom. The van der Waals surface area contributed by atoms with Gasteiger partial charge in [-0.3, -0.25) is 4.79 Å². The first kappa shape index (κ1) is 14.0. The minimum absolute atomic E-state index is 0.00502. The molecule has 0 aliphatic carbocycles. The summed E-state index contributed by atoms with van der Waals surface area (Å²) in [5.41, 5.74) is 6.38. The lowest BCUT2D eigenvalue weighted by Gasteiger charge is -2.12. The maximum Gasteiger partial charge on any atom is 0.224 e. The number of halogens is 1. The summed E-state index contributed by atoms with van der Waals surface area (Å²) >= 11 is 3.52. The van der Waals surface area contributed by atoms with Crippen LogP contribution in [-0.2, 0) is 4.79 Å². The quantitative estimate of drug-likeness (QED) is 0.905. The lowest BCUT2D eigenvalue weighted by molar-refractivity contribution is -0.116. The van der Waals surface area contributed by atoms with Crippen LogP contribution in [0.4, 0.5) is 5.69 Å². The van der Waals surface area contributed by atoms with Crippen LogP contribution in [0.25, 0.3) is 10.8 Å². The number of nitrogens with one attached hydrogen (secondary N) is 1. The number of nitrogens with two attached hydrogens (primary N) is 1. The first-order valence-corrected chi connectivity index (χ1v) is 7.08. The Hall–Kier alpha value is -1.39. The molecule has 0 saturated carbocycles. The van der Waals surface area contributed by atoms with E-state index >= 15 is 0 Å². The van der Waals surface area contributed by atoms with E-state index in [1.165, 1.54) is 0 Å². The molecule has 0 heterocycles. The molecular weight excluding hydrogens is 304 g/mol. The molecule has 1 amide bonds. The molecule has 4 heteroatoms. The first-order valence-electron chi connectivity index (χ1n) is 6.29. The van der Waals surface area contributed by atoms with Gasteiger partial charge in [0, 0.05) is 22.0 Å². The number of carbonyl (C=O) groups excluding carboxylic acids is 1. The molecule has 0 aliphatic heterocycles. The van der Waals surface area contributed by atoms with Crippen LogP contribution >= 0.6 is 15.9 Å². The number of anilines is 1. The maximum atomic E-state index is 11.9. The van der Waals surface area contributed by atoms with Crippen LogP contribution in [0.5, 0.6) is 0 Å². The van der Waals surface area contributed by atoms with Gasteiger partial charge in [-0.15, -0.1) is 0 Å². The molecule has 100 valence electrons. The van der Waals surface area contributed by atoms with Crippen molar-refractivity contribution < 1.29 is 4.79 Å². The lowest BCUT2D eigenvalue weighted by atomic mass is 10.1. The summed E-state index contributed by atoms with van der Waals surface area (Å²) < 4.78 is 1.02. The molecular formula is C15H17BrN2O. The highest BCUT2D eigenvalue weighted by Crippen LogP contribution is 2.30. The number of rotatable bonds is 4. The van der Waals surface area contributed by atoms with Gasteiger partial charge in [-0.05, 0) is 30.0 Å². The molecule has 0 aliphatic rings. The largest absolute Gasteiger partial charge is 0.330 e. The third kappa shape index (κ3) is 3.33. The van der Waals surface area contributed by atoms with Crippen molar-refractivity contribution in [2.24, 2.45) is 11.7 Å². The van der Waals surface area contributed by atoms with Gasteiger partial charge in [0.05, 0.1) is 0 Å². The van der Waals surface area contributed by atoms with Gasteiger partial charge in [-0.1, -0.05) is 47.1 Å². The monoisotopic (exact) mass is 320 g/mol. The molecule has 0 aromatic heterocycles. The van der Waals surface area contributed by atoms with Gasteiger partial charge in [0.15, 0.2) is 0 Å². The smallest absolute Gasteiger partial charge is 0.224 e. The molecule has 2 rings (SSSR count). The number of amides is 1. The Balaban J connectivity index is 2.26. The zero-order chi connectivity index (χ0) is 13.8. The van der Waals surface area contributed by atoms with Crippen molar-refractivity contribution in [1.29, 1.82) is 0 Å². The number of fused-ring (bicyclic) bond motifs is 1. The van der Waals surface area contributed by atoms with E-state index in [0.29, 0.717) is 13.0 Å². The van der Waals surface area contributed by atoms with Crippen molar-refractivity contribution in [3.8, 4) is 0 Å². The maximum absolute atomic E-state index is 11.9. The first-order chi connectivity index (χ1) is 9.11. The molecule has 0 fully saturated rings. The zero-order valence-corrected chi connectivity index (χ0v) is 12.4. The van der Waals surface area contributed by atoms with Crippen molar-refractivity contribution in [1.82, 2.24) is 0 Å². The second kappa shape index (κ2) is 6.17. The molecule has 2 aromatic rings. The fourth-order valence-electron chi connectivity index (χ4n) is 1.97. The summed E-state index contributed by atoms with van der Waals surface area (Å²) in [5, 5.41) is 5.08. The number of hydrogen-bond donors (Lipinski definition) is 2. The Labute approximate surface area is 121 Å². The normalized spacial score (nSPS) is 12.4. The van der Waals surface area contributed by atoms with E-state index in [1.54, 1.807) is 0 Å². The summed E-state index contributed by atoms with van der Waals surface area (Å²) in [6, 6.07) is 11.8. The van der Waals surface area contributed by atoms with Gasteiger partial charge < -0.3 is 11.1 Å². The van der Waals surface area contributed by atoms with E-state index in [1.807, 2.05) is 43.3 Å². The molecule has 3 N–H and O–H groups in total. The van der Waals surface area contributed by atoms with Crippen molar-refractivity contribution in [3.63, 3.8) is 0 Å². The van der Waals surface area contributed by atoms with E-state index in [0.717, 1.165) is 20.9 Å². The highest BCUT2D eigenvalue weighted by Gasteiger charge is 2.10. The van der Waals surface area contributed by atoms with Gasteiger partial charge in [0.2, 0.25) is 5.91 Å². The van der Waals surface area contributed by atoms with Crippen molar-refractivity contribution in [3.05, 3.63) is 40.9 Å². The average Bonchev–Trinajstić information content (AvgIpc) is 2.42. The van der Waals surface area contributed by atoms with E-state index in [4.69, 9.17) is 5.73 Å². The van der Waals surface area contributed by atoms with Crippen LogP contribution in [0.1, 0.15) is 13.3 Å². The molecule has 0 saturated heterocycles.